The highest BCUT2D eigenvalue weighted by Crippen LogP contribution is 2.05. The minimum absolute atomic E-state index is 0.704. The molecule has 9 heavy (non-hydrogen) atoms. The van der Waals surface area contributed by atoms with Crippen molar-refractivity contribution in [2.75, 3.05) is 5.73 Å². The Labute approximate surface area is 53.6 Å². The maximum atomic E-state index is 5.49. The zero-order valence-electron chi connectivity index (χ0n) is 5.09. The van der Waals surface area contributed by atoms with Crippen LogP contribution in [0.5, 0.6) is 0 Å². The fourth-order valence-corrected chi connectivity index (χ4v) is 0.630. The third-order valence-corrected chi connectivity index (χ3v) is 1.10. The molecule has 0 fully saturated rings. The molecule has 0 saturated carbocycles. The molecule has 0 aliphatic rings. The molecule has 0 amide bonds. The Bertz CT molecular complexity index is 202. The molecule has 3 nitrogen and oxygen atoms in total. The lowest BCUT2D eigenvalue weighted by atomic mass is 10.3. The smallest absolute Gasteiger partial charge is 0.0733 e. The van der Waals surface area contributed by atoms with Gasteiger partial charge >= 0.3 is 0 Å². The molecule has 0 saturated heterocycles. The molecule has 0 aliphatic heterocycles. The van der Waals surface area contributed by atoms with Crippen LogP contribution in [-0.4, -0.2) is 10.2 Å². The lowest BCUT2D eigenvalue weighted by molar-refractivity contribution is 1.01. The van der Waals surface area contributed by atoms with Gasteiger partial charge in [0.2, 0.25) is 0 Å². The molecule has 0 radical (unpaired) electrons. The zero-order chi connectivity index (χ0) is 6.69. The Hall–Kier alpha value is -1.25. The largest absolute Gasteiger partial charge is 0.396 e. The number of nitrogens with one attached hydrogen (secondary N) is 1. The number of hydrogen-bond donors (Lipinski definition) is 2. The topological polar surface area (TPSA) is 54.7 Å². The second-order valence-corrected chi connectivity index (χ2v) is 1.80. The average Bonchev–Trinajstić information content (AvgIpc) is 2.18. The fraction of sp³-hybridized carbons (Fsp3) is 0.167. The summed E-state index contributed by atoms with van der Waals surface area (Å²) in [5, 5.41) is 6.50. The fourth-order valence-electron chi connectivity index (χ4n) is 0.630. The summed E-state index contributed by atoms with van der Waals surface area (Å²) < 4.78 is 0. The SMILES string of the molecule is C=CCc1[nH]ncc1N. The van der Waals surface area contributed by atoms with Gasteiger partial charge in [-0.2, -0.15) is 5.10 Å². The van der Waals surface area contributed by atoms with Crippen LogP contribution in [0.2, 0.25) is 0 Å². The van der Waals surface area contributed by atoms with E-state index in [9.17, 15) is 0 Å². The lowest BCUT2D eigenvalue weighted by Gasteiger charge is -1.88. The van der Waals surface area contributed by atoms with Gasteiger partial charge in [-0.25, -0.2) is 0 Å². The van der Waals surface area contributed by atoms with Crippen LogP contribution in [0.1, 0.15) is 5.69 Å². The van der Waals surface area contributed by atoms with Crippen LogP contribution >= 0.6 is 0 Å². The third kappa shape index (κ3) is 1.10. The Morgan fingerprint density at radius 2 is 2.67 bits per heavy atom. The number of hydrogen-bond acceptors (Lipinski definition) is 2. The van der Waals surface area contributed by atoms with E-state index in [0.29, 0.717) is 5.69 Å². The Morgan fingerprint density at radius 3 is 3.11 bits per heavy atom. The predicted molar refractivity (Wildman–Crippen MR) is 36.9 cm³/mol. The normalized spacial score (nSPS) is 9.33. The first-order valence-electron chi connectivity index (χ1n) is 2.73. The monoisotopic (exact) mass is 123 g/mol. The van der Waals surface area contributed by atoms with Crippen molar-refractivity contribution in [3.05, 3.63) is 24.5 Å². The van der Waals surface area contributed by atoms with Crippen molar-refractivity contribution in [2.45, 2.75) is 6.42 Å². The second-order valence-electron chi connectivity index (χ2n) is 1.80. The zero-order valence-corrected chi connectivity index (χ0v) is 5.09. The molecular formula is C6H9N3. The van der Waals surface area contributed by atoms with E-state index in [2.05, 4.69) is 16.8 Å². The van der Waals surface area contributed by atoms with Crippen LogP contribution in [-0.2, 0) is 6.42 Å². The summed E-state index contributed by atoms with van der Waals surface area (Å²) in [6.07, 6.45) is 4.13. The molecule has 0 unspecified atom stereocenters. The summed E-state index contributed by atoms with van der Waals surface area (Å²) >= 11 is 0. The number of nitrogens with two attached hydrogens (primary N) is 1. The number of allylic oxidation sites excluding steroid dienone is 1. The van der Waals surface area contributed by atoms with Gasteiger partial charge in [-0.1, -0.05) is 6.08 Å². The first-order valence-corrected chi connectivity index (χ1v) is 2.73. The molecule has 1 rings (SSSR count). The summed E-state index contributed by atoms with van der Waals surface area (Å²) in [5.41, 5.74) is 7.12. The summed E-state index contributed by atoms with van der Waals surface area (Å²) in [6, 6.07) is 0. The molecule has 1 aromatic heterocycles. The van der Waals surface area contributed by atoms with E-state index < -0.39 is 0 Å². The summed E-state index contributed by atoms with van der Waals surface area (Å²) in [6.45, 7) is 3.57. The molecule has 48 valence electrons. The van der Waals surface area contributed by atoms with Crippen molar-refractivity contribution in [3.63, 3.8) is 0 Å². The van der Waals surface area contributed by atoms with Gasteiger partial charge in [0.15, 0.2) is 0 Å². The minimum Gasteiger partial charge on any atom is -0.396 e. The highest BCUT2D eigenvalue weighted by atomic mass is 15.1. The van der Waals surface area contributed by atoms with E-state index in [4.69, 9.17) is 5.73 Å². The van der Waals surface area contributed by atoms with E-state index in [0.717, 1.165) is 12.1 Å². The van der Waals surface area contributed by atoms with Gasteiger partial charge in [-0.05, 0) is 0 Å². The summed E-state index contributed by atoms with van der Waals surface area (Å²) in [5.74, 6) is 0. The number of aromatic amines is 1. The van der Waals surface area contributed by atoms with Gasteiger partial charge in [0.25, 0.3) is 0 Å². The van der Waals surface area contributed by atoms with Crippen LogP contribution in [0.15, 0.2) is 18.9 Å². The molecule has 0 aromatic carbocycles. The number of rotatable bonds is 2. The highest BCUT2D eigenvalue weighted by molar-refractivity contribution is 5.40. The molecular weight excluding hydrogens is 114 g/mol. The van der Waals surface area contributed by atoms with Crippen LogP contribution in [0.25, 0.3) is 0 Å². The standard InChI is InChI=1S/C6H9N3/c1-2-3-6-5(7)4-8-9-6/h2,4H,1,3,7H2,(H,8,9). The first kappa shape index (κ1) is 5.88. The molecule has 3 N–H and O–H groups in total. The van der Waals surface area contributed by atoms with Gasteiger partial charge in [0.05, 0.1) is 17.6 Å². The Balaban J connectivity index is 2.80. The van der Waals surface area contributed by atoms with E-state index in [1.165, 1.54) is 0 Å². The number of anilines is 1. The van der Waals surface area contributed by atoms with Gasteiger partial charge in [-0.3, -0.25) is 5.10 Å². The predicted octanol–water partition coefficient (Wildman–Crippen LogP) is 0.720. The average molecular weight is 123 g/mol. The maximum absolute atomic E-state index is 5.49. The van der Waals surface area contributed by atoms with Crippen LogP contribution in [0.3, 0.4) is 0 Å². The van der Waals surface area contributed by atoms with Crippen molar-refractivity contribution in [3.8, 4) is 0 Å². The van der Waals surface area contributed by atoms with Crippen LogP contribution < -0.4 is 5.73 Å². The van der Waals surface area contributed by atoms with Crippen molar-refractivity contribution >= 4 is 5.69 Å². The molecule has 1 heterocycles. The van der Waals surface area contributed by atoms with Crippen molar-refractivity contribution < 1.29 is 0 Å². The lowest BCUT2D eigenvalue weighted by Crippen LogP contribution is -1.88. The van der Waals surface area contributed by atoms with E-state index >= 15 is 0 Å². The van der Waals surface area contributed by atoms with Gasteiger partial charge < -0.3 is 5.73 Å². The molecule has 0 spiro atoms. The number of nitrogen functional groups attached to an aromatic ring is 1. The van der Waals surface area contributed by atoms with Crippen LogP contribution in [0, 0.1) is 0 Å². The highest BCUT2D eigenvalue weighted by Gasteiger charge is 1.95. The first-order chi connectivity index (χ1) is 4.34. The Kier molecular flexibility index (Phi) is 1.53. The van der Waals surface area contributed by atoms with Crippen molar-refractivity contribution in [2.24, 2.45) is 0 Å². The number of H-pyrrole nitrogens is 1. The summed E-state index contributed by atoms with van der Waals surface area (Å²) in [7, 11) is 0. The maximum Gasteiger partial charge on any atom is 0.0733 e. The Morgan fingerprint density at radius 1 is 1.89 bits per heavy atom. The quantitative estimate of drug-likeness (QED) is 0.569. The van der Waals surface area contributed by atoms with Gasteiger partial charge in [0.1, 0.15) is 0 Å². The van der Waals surface area contributed by atoms with Crippen molar-refractivity contribution in [1.29, 1.82) is 0 Å². The third-order valence-electron chi connectivity index (χ3n) is 1.10. The van der Waals surface area contributed by atoms with E-state index in [1.807, 2.05) is 0 Å². The van der Waals surface area contributed by atoms with Gasteiger partial charge in [-0.15, -0.1) is 6.58 Å². The molecule has 0 aliphatic carbocycles. The minimum atomic E-state index is 0.704. The van der Waals surface area contributed by atoms with Crippen molar-refractivity contribution in [1.82, 2.24) is 10.2 Å². The molecule has 1 aromatic rings. The molecule has 3 heteroatoms. The summed E-state index contributed by atoms with van der Waals surface area (Å²) in [4.78, 5) is 0. The van der Waals surface area contributed by atoms with Crippen LogP contribution in [0.4, 0.5) is 5.69 Å². The van der Waals surface area contributed by atoms with Gasteiger partial charge in [0, 0.05) is 6.42 Å². The number of aromatic nitrogens is 2. The molecule has 0 atom stereocenters. The van der Waals surface area contributed by atoms with E-state index in [1.54, 1.807) is 12.3 Å². The van der Waals surface area contributed by atoms with E-state index in [-0.39, 0.29) is 0 Å². The number of nitrogens with zero attached hydrogens (tertiary/aromatic N) is 1. The molecule has 0 bridgehead atoms. The second kappa shape index (κ2) is 2.35.